The fourth-order valence-corrected chi connectivity index (χ4v) is 1.98. The van der Waals surface area contributed by atoms with E-state index >= 15 is 0 Å². The van der Waals surface area contributed by atoms with Gasteiger partial charge in [-0.1, -0.05) is 0 Å². The zero-order chi connectivity index (χ0) is 15.2. The van der Waals surface area contributed by atoms with Crippen molar-refractivity contribution in [3.63, 3.8) is 0 Å². The van der Waals surface area contributed by atoms with E-state index < -0.39 is 0 Å². The van der Waals surface area contributed by atoms with Crippen LogP contribution in [0.3, 0.4) is 0 Å². The number of nitrogens with zero attached hydrogens (tertiary/aromatic N) is 2. The maximum atomic E-state index is 12.1. The van der Waals surface area contributed by atoms with Crippen molar-refractivity contribution in [3.05, 3.63) is 53.1 Å². The lowest BCUT2D eigenvalue weighted by atomic mass is 10.1. The zero-order valence-electron chi connectivity index (χ0n) is 12.6. The Kier molecular flexibility index (Phi) is 4.87. The van der Waals surface area contributed by atoms with Crippen LogP contribution in [0.15, 0.2) is 30.6 Å². The predicted octanol–water partition coefficient (Wildman–Crippen LogP) is 2.46. The van der Waals surface area contributed by atoms with Gasteiger partial charge in [0, 0.05) is 24.0 Å². The lowest BCUT2D eigenvalue weighted by molar-refractivity contribution is 0.0950. The van der Waals surface area contributed by atoms with E-state index in [1.165, 1.54) is 0 Å². The Morgan fingerprint density at radius 2 is 2.00 bits per heavy atom. The van der Waals surface area contributed by atoms with Crippen LogP contribution < -0.4 is 10.6 Å². The van der Waals surface area contributed by atoms with Crippen LogP contribution in [-0.4, -0.2) is 22.4 Å². The molecule has 1 aromatic carbocycles. The van der Waals surface area contributed by atoms with E-state index in [1.807, 2.05) is 39.0 Å². The van der Waals surface area contributed by atoms with Crippen molar-refractivity contribution in [1.29, 1.82) is 0 Å². The van der Waals surface area contributed by atoms with Crippen molar-refractivity contribution >= 4 is 11.6 Å². The van der Waals surface area contributed by atoms with Gasteiger partial charge in [0.2, 0.25) is 0 Å². The molecule has 1 amide bonds. The third kappa shape index (κ3) is 4.02. The average molecular weight is 284 g/mol. The van der Waals surface area contributed by atoms with E-state index in [4.69, 9.17) is 0 Å². The van der Waals surface area contributed by atoms with Crippen LogP contribution in [-0.2, 0) is 6.54 Å². The molecule has 0 saturated carbocycles. The zero-order valence-corrected chi connectivity index (χ0v) is 12.6. The van der Waals surface area contributed by atoms with Crippen LogP contribution in [0, 0.1) is 13.8 Å². The molecule has 0 spiro atoms. The first-order valence-corrected chi connectivity index (χ1v) is 7.00. The molecule has 110 valence electrons. The second-order valence-corrected chi connectivity index (χ2v) is 4.89. The summed E-state index contributed by atoms with van der Waals surface area (Å²) in [5, 5.41) is 6.11. The first-order chi connectivity index (χ1) is 10.1. The molecule has 2 rings (SSSR count). The highest BCUT2D eigenvalue weighted by Crippen LogP contribution is 2.16. The van der Waals surface area contributed by atoms with Gasteiger partial charge < -0.3 is 10.6 Å². The Hall–Kier alpha value is -2.43. The number of carbonyl (C=O) groups is 1. The summed E-state index contributed by atoms with van der Waals surface area (Å²) >= 11 is 0. The number of nitrogens with one attached hydrogen (secondary N) is 2. The molecule has 0 fully saturated rings. The van der Waals surface area contributed by atoms with Gasteiger partial charge >= 0.3 is 0 Å². The first-order valence-electron chi connectivity index (χ1n) is 7.00. The maximum absolute atomic E-state index is 12.1. The Balaban J connectivity index is 2.00. The molecular weight excluding hydrogens is 264 g/mol. The first kappa shape index (κ1) is 15.0. The van der Waals surface area contributed by atoms with E-state index in [1.54, 1.807) is 12.4 Å². The number of amides is 1. The molecule has 0 aliphatic heterocycles. The maximum Gasteiger partial charge on any atom is 0.251 e. The van der Waals surface area contributed by atoms with Gasteiger partial charge in [-0.2, -0.15) is 0 Å². The van der Waals surface area contributed by atoms with Crippen LogP contribution in [0.4, 0.5) is 5.69 Å². The molecule has 1 aromatic heterocycles. The van der Waals surface area contributed by atoms with Crippen LogP contribution in [0.2, 0.25) is 0 Å². The van der Waals surface area contributed by atoms with E-state index in [0.717, 1.165) is 29.2 Å². The van der Waals surface area contributed by atoms with E-state index in [0.29, 0.717) is 12.1 Å². The minimum Gasteiger partial charge on any atom is -0.385 e. The van der Waals surface area contributed by atoms with Gasteiger partial charge in [0.05, 0.1) is 24.1 Å². The van der Waals surface area contributed by atoms with Crippen LogP contribution >= 0.6 is 0 Å². The second kappa shape index (κ2) is 6.83. The highest BCUT2D eigenvalue weighted by atomic mass is 16.1. The Bertz CT molecular complexity index is 623. The van der Waals surface area contributed by atoms with Crippen LogP contribution in [0.25, 0.3) is 0 Å². The molecule has 0 aliphatic carbocycles. The van der Waals surface area contributed by atoms with Gasteiger partial charge in [0.25, 0.3) is 5.91 Å². The summed E-state index contributed by atoms with van der Waals surface area (Å²) in [6.45, 7) is 7.14. The number of hydrogen-bond donors (Lipinski definition) is 2. The van der Waals surface area contributed by atoms with Gasteiger partial charge in [-0.25, -0.2) is 0 Å². The summed E-state index contributed by atoms with van der Waals surface area (Å²) in [7, 11) is 0. The minimum atomic E-state index is -0.108. The van der Waals surface area contributed by atoms with Crippen molar-refractivity contribution in [2.75, 3.05) is 11.9 Å². The summed E-state index contributed by atoms with van der Waals surface area (Å²) in [6.07, 6.45) is 3.37. The van der Waals surface area contributed by atoms with E-state index in [9.17, 15) is 4.79 Å². The third-order valence-corrected chi connectivity index (χ3v) is 3.12. The Labute approximate surface area is 124 Å². The summed E-state index contributed by atoms with van der Waals surface area (Å²) in [5.41, 5.74) is 4.36. The minimum absolute atomic E-state index is 0.108. The lowest BCUT2D eigenvalue weighted by Gasteiger charge is -2.10. The highest BCUT2D eigenvalue weighted by Gasteiger charge is 2.07. The molecule has 21 heavy (non-hydrogen) atoms. The topological polar surface area (TPSA) is 66.9 Å². The fourth-order valence-electron chi connectivity index (χ4n) is 1.98. The Morgan fingerprint density at radius 1 is 1.19 bits per heavy atom. The molecular formula is C16H20N4O. The highest BCUT2D eigenvalue weighted by molar-refractivity contribution is 5.94. The predicted molar refractivity (Wildman–Crippen MR) is 83.3 cm³/mol. The van der Waals surface area contributed by atoms with Crippen molar-refractivity contribution in [3.8, 4) is 0 Å². The number of benzene rings is 1. The van der Waals surface area contributed by atoms with Gasteiger partial charge in [0.1, 0.15) is 0 Å². The van der Waals surface area contributed by atoms with Crippen LogP contribution in [0.1, 0.15) is 34.2 Å². The lowest BCUT2D eigenvalue weighted by Crippen LogP contribution is -2.23. The van der Waals surface area contributed by atoms with Crippen molar-refractivity contribution in [1.82, 2.24) is 15.3 Å². The standard InChI is InChI=1S/C16H20N4O/c1-4-17-15-6-5-13(7-11(15)2)16(21)20-10-14-9-18-12(3)8-19-14/h5-9,17H,4,10H2,1-3H3,(H,20,21). The number of aryl methyl sites for hydroxylation is 2. The number of aromatic nitrogens is 2. The summed E-state index contributed by atoms with van der Waals surface area (Å²) in [4.78, 5) is 20.5. The second-order valence-electron chi connectivity index (χ2n) is 4.89. The molecule has 5 nitrogen and oxygen atoms in total. The summed E-state index contributed by atoms with van der Waals surface area (Å²) in [5.74, 6) is -0.108. The molecule has 2 N–H and O–H groups in total. The smallest absolute Gasteiger partial charge is 0.251 e. The third-order valence-electron chi connectivity index (χ3n) is 3.12. The quantitative estimate of drug-likeness (QED) is 0.885. The summed E-state index contributed by atoms with van der Waals surface area (Å²) in [6, 6.07) is 5.63. The normalized spacial score (nSPS) is 10.2. The van der Waals surface area contributed by atoms with Gasteiger partial charge in [-0.15, -0.1) is 0 Å². The number of rotatable bonds is 5. The molecule has 0 bridgehead atoms. The molecule has 2 aromatic rings. The van der Waals surface area contributed by atoms with Gasteiger partial charge in [-0.05, 0) is 44.5 Å². The van der Waals surface area contributed by atoms with Gasteiger partial charge in [-0.3, -0.25) is 14.8 Å². The van der Waals surface area contributed by atoms with Crippen molar-refractivity contribution in [2.24, 2.45) is 0 Å². The molecule has 0 unspecified atom stereocenters. The monoisotopic (exact) mass is 284 g/mol. The Morgan fingerprint density at radius 3 is 2.62 bits per heavy atom. The van der Waals surface area contributed by atoms with E-state index in [2.05, 4.69) is 20.6 Å². The SMILES string of the molecule is CCNc1ccc(C(=O)NCc2cnc(C)cn2)cc1C. The largest absolute Gasteiger partial charge is 0.385 e. The molecule has 0 saturated heterocycles. The molecule has 0 atom stereocenters. The number of hydrogen-bond acceptors (Lipinski definition) is 4. The van der Waals surface area contributed by atoms with E-state index in [-0.39, 0.29) is 5.91 Å². The number of anilines is 1. The molecule has 1 heterocycles. The van der Waals surface area contributed by atoms with Gasteiger partial charge in [0.15, 0.2) is 0 Å². The van der Waals surface area contributed by atoms with Crippen molar-refractivity contribution in [2.45, 2.75) is 27.3 Å². The molecule has 0 aliphatic rings. The molecule has 0 radical (unpaired) electrons. The average Bonchev–Trinajstić information content (AvgIpc) is 2.48. The van der Waals surface area contributed by atoms with Crippen molar-refractivity contribution < 1.29 is 4.79 Å². The number of carbonyl (C=O) groups excluding carboxylic acids is 1. The fraction of sp³-hybridized carbons (Fsp3) is 0.312. The summed E-state index contributed by atoms with van der Waals surface area (Å²) < 4.78 is 0. The van der Waals surface area contributed by atoms with Crippen LogP contribution in [0.5, 0.6) is 0 Å². The molecule has 5 heteroatoms.